The average Bonchev–Trinajstić information content (AvgIpc) is 2.93. The topological polar surface area (TPSA) is 68.0 Å². The lowest BCUT2D eigenvalue weighted by Gasteiger charge is -2.23. The summed E-state index contributed by atoms with van der Waals surface area (Å²) in [5.74, 6) is 0.741. The van der Waals surface area contributed by atoms with E-state index in [1.165, 1.54) is 0 Å². The molecule has 1 unspecified atom stereocenters. The summed E-state index contributed by atoms with van der Waals surface area (Å²) in [5, 5.41) is 6.40. The average molecular weight is 381 g/mol. The van der Waals surface area contributed by atoms with Crippen molar-refractivity contribution in [2.75, 3.05) is 33.4 Å². The van der Waals surface area contributed by atoms with Gasteiger partial charge in [-0.05, 0) is 6.07 Å². The van der Waals surface area contributed by atoms with Crippen LogP contribution < -0.4 is 10.6 Å². The van der Waals surface area contributed by atoms with Gasteiger partial charge in [-0.15, -0.1) is 24.0 Å². The summed E-state index contributed by atoms with van der Waals surface area (Å²) < 4.78 is 15.9. The largest absolute Gasteiger partial charge is 0.472 e. The van der Waals surface area contributed by atoms with Crippen LogP contribution in [-0.2, 0) is 16.0 Å². The summed E-state index contributed by atoms with van der Waals surface area (Å²) in [6.07, 6.45) is 3.45. The molecule has 0 radical (unpaired) electrons. The third-order valence-corrected chi connectivity index (χ3v) is 2.65. The van der Waals surface area contributed by atoms with Gasteiger partial charge < -0.3 is 24.5 Å². The predicted molar refractivity (Wildman–Crippen MR) is 82.9 cm³/mol. The van der Waals surface area contributed by atoms with Crippen LogP contribution in [0.2, 0.25) is 0 Å². The second-order valence-corrected chi connectivity index (χ2v) is 4.01. The molecule has 1 aromatic heterocycles. The fourth-order valence-electron chi connectivity index (χ4n) is 1.66. The molecule has 1 fully saturated rings. The number of rotatable bonds is 4. The van der Waals surface area contributed by atoms with Crippen molar-refractivity contribution in [3.05, 3.63) is 24.2 Å². The summed E-state index contributed by atoms with van der Waals surface area (Å²) in [5.41, 5.74) is 1.08. The van der Waals surface area contributed by atoms with Crippen LogP contribution in [0.5, 0.6) is 0 Å². The van der Waals surface area contributed by atoms with Crippen molar-refractivity contribution in [2.45, 2.75) is 12.6 Å². The maximum Gasteiger partial charge on any atom is 0.191 e. The van der Waals surface area contributed by atoms with Gasteiger partial charge in [0.05, 0.1) is 38.5 Å². The van der Waals surface area contributed by atoms with Crippen LogP contribution in [0.1, 0.15) is 5.56 Å². The molecule has 2 heterocycles. The van der Waals surface area contributed by atoms with Gasteiger partial charge >= 0.3 is 0 Å². The molecular formula is C12H20IN3O3. The molecule has 0 amide bonds. The minimum absolute atomic E-state index is 0. The Morgan fingerprint density at radius 3 is 2.95 bits per heavy atom. The van der Waals surface area contributed by atoms with E-state index in [1.54, 1.807) is 19.6 Å². The molecule has 0 spiro atoms. The van der Waals surface area contributed by atoms with Crippen molar-refractivity contribution < 1.29 is 13.9 Å². The molecule has 19 heavy (non-hydrogen) atoms. The van der Waals surface area contributed by atoms with E-state index in [0.29, 0.717) is 32.9 Å². The Balaban J connectivity index is 0.00000180. The Bertz CT molecular complexity index is 364. The number of ether oxygens (including phenoxy) is 2. The van der Waals surface area contributed by atoms with Gasteiger partial charge in [-0.2, -0.15) is 0 Å². The molecule has 1 aliphatic heterocycles. The maximum atomic E-state index is 5.54. The number of hydrogen-bond donors (Lipinski definition) is 2. The van der Waals surface area contributed by atoms with E-state index in [4.69, 9.17) is 13.9 Å². The quantitative estimate of drug-likeness (QED) is 0.463. The molecule has 0 aromatic carbocycles. The number of hydrogen-bond acceptors (Lipinski definition) is 4. The SMILES string of the molecule is CN=C(NCc1ccoc1)NCC1COCCO1.I. The normalized spacial score (nSPS) is 19.6. The van der Waals surface area contributed by atoms with Crippen molar-refractivity contribution >= 4 is 29.9 Å². The molecule has 2 N–H and O–H groups in total. The maximum absolute atomic E-state index is 5.54. The lowest BCUT2D eigenvalue weighted by Crippen LogP contribution is -2.44. The first kappa shape index (κ1) is 16.3. The summed E-state index contributed by atoms with van der Waals surface area (Å²) in [6, 6.07) is 1.92. The highest BCUT2D eigenvalue weighted by Gasteiger charge is 2.14. The summed E-state index contributed by atoms with van der Waals surface area (Å²) in [7, 11) is 1.74. The first-order valence-electron chi connectivity index (χ1n) is 6.03. The molecule has 6 nitrogen and oxygen atoms in total. The molecule has 1 atom stereocenters. The highest BCUT2D eigenvalue weighted by atomic mass is 127. The van der Waals surface area contributed by atoms with E-state index < -0.39 is 0 Å². The van der Waals surface area contributed by atoms with E-state index in [9.17, 15) is 0 Å². The van der Waals surface area contributed by atoms with Crippen LogP contribution in [0, 0.1) is 0 Å². The van der Waals surface area contributed by atoms with Crippen molar-refractivity contribution in [1.29, 1.82) is 0 Å². The zero-order chi connectivity index (χ0) is 12.6. The van der Waals surface area contributed by atoms with Gasteiger partial charge in [0, 0.05) is 25.7 Å². The van der Waals surface area contributed by atoms with E-state index in [1.807, 2.05) is 6.07 Å². The summed E-state index contributed by atoms with van der Waals surface area (Å²) in [4.78, 5) is 4.14. The van der Waals surface area contributed by atoms with Crippen molar-refractivity contribution in [3.8, 4) is 0 Å². The molecule has 0 saturated carbocycles. The van der Waals surface area contributed by atoms with Crippen LogP contribution in [0.3, 0.4) is 0 Å². The number of guanidine groups is 1. The minimum atomic E-state index is 0. The highest BCUT2D eigenvalue weighted by molar-refractivity contribution is 14.0. The summed E-state index contributed by atoms with van der Waals surface area (Å²) in [6.45, 7) is 3.34. The van der Waals surface area contributed by atoms with Gasteiger partial charge in [0.25, 0.3) is 0 Å². The smallest absolute Gasteiger partial charge is 0.191 e. The molecule has 1 aromatic rings. The van der Waals surface area contributed by atoms with Crippen molar-refractivity contribution in [3.63, 3.8) is 0 Å². The second kappa shape index (κ2) is 9.16. The molecule has 0 bridgehead atoms. The number of aliphatic imine (C=N–C) groups is 1. The second-order valence-electron chi connectivity index (χ2n) is 4.01. The van der Waals surface area contributed by atoms with E-state index in [0.717, 1.165) is 11.5 Å². The fraction of sp³-hybridized carbons (Fsp3) is 0.583. The standard InChI is InChI=1S/C12H19N3O3.HI/c1-13-12(14-6-10-2-3-16-8-10)15-7-11-9-17-4-5-18-11;/h2-3,8,11H,4-7,9H2,1H3,(H2,13,14,15);1H. The monoisotopic (exact) mass is 381 g/mol. The van der Waals surface area contributed by atoms with Crippen LogP contribution in [0.4, 0.5) is 0 Å². The Hall–Kier alpha value is -0.800. The number of halogens is 1. The highest BCUT2D eigenvalue weighted by Crippen LogP contribution is 2.00. The van der Waals surface area contributed by atoms with E-state index in [-0.39, 0.29) is 30.1 Å². The van der Waals surface area contributed by atoms with E-state index in [2.05, 4.69) is 15.6 Å². The third kappa shape index (κ3) is 5.79. The molecule has 0 aliphatic carbocycles. The van der Waals surface area contributed by atoms with Gasteiger partial charge in [-0.25, -0.2) is 0 Å². The van der Waals surface area contributed by atoms with E-state index >= 15 is 0 Å². The fourth-order valence-corrected chi connectivity index (χ4v) is 1.66. The lowest BCUT2D eigenvalue weighted by molar-refractivity contribution is -0.0850. The number of furan rings is 1. The van der Waals surface area contributed by atoms with Gasteiger partial charge in [0.1, 0.15) is 0 Å². The Morgan fingerprint density at radius 2 is 2.32 bits per heavy atom. The zero-order valence-electron chi connectivity index (χ0n) is 10.9. The third-order valence-electron chi connectivity index (χ3n) is 2.65. The molecule has 2 rings (SSSR count). The van der Waals surface area contributed by atoms with Gasteiger partial charge in [-0.3, -0.25) is 4.99 Å². The predicted octanol–water partition coefficient (Wildman–Crippen LogP) is 0.978. The zero-order valence-corrected chi connectivity index (χ0v) is 13.3. The number of nitrogens with one attached hydrogen (secondary N) is 2. The summed E-state index contributed by atoms with van der Waals surface area (Å²) >= 11 is 0. The Kier molecular flexibility index (Phi) is 7.84. The minimum Gasteiger partial charge on any atom is -0.472 e. The van der Waals surface area contributed by atoms with Crippen molar-refractivity contribution in [2.24, 2.45) is 4.99 Å². The Labute approximate surface area is 130 Å². The molecule has 1 saturated heterocycles. The molecular weight excluding hydrogens is 361 g/mol. The first-order chi connectivity index (χ1) is 8.88. The van der Waals surface area contributed by atoms with Gasteiger partial charge in [0.2, 0.25) is 0 Å². The molecule has 108 valence electrons. The lowest BCUT2D eigenvalue weighted by atomic mass is 10.3. The van der Waals surface area contributed by atoms with Crippen LogP contribution in [0.25, 0.3) is 0 Å². The van der Waals surface area contributed by atoms with Crippen LogP contribution in [0.15, 0.2) is 28.0 Å². The molecule has 1 aliphatic rings. The van der Waals surface area contributed by atoms with Crippen LogP contribution >= 0.6 is 24.0 Å². The molecule has 7 heteroatoms. The van der Waals surface area contributed by atoms with Crippen molar-refractivity contribution in [1.82, 2.24) is 10.6 Å². The van der Waals surface area contributed by atoms with Gasteiger partial charge in [0.15, 0.2) is 5.96 Å². The van der Waals surface area contributed by atoms with Crippen LogP contribution in [-0.4, -0.2) is 45.5 Å². The first-order valence-corrected chi connectivity index (χ1v) is 6.03. The Morgan fingerprint density at radius 1 is 1.42 bits per heavy atom. The number of nitrogens with zero attached hydrogens (tertiary/aromatic N) is 1. The van der Waals surface area contributed by atoms with Gasteiger partial charge in [-0.1, -0.05) is 0 Å².